The van der Waals surface area contributed by atoms with Crippen LogP contribution in [0.25, 0.3) is 11.3 Å². The van der Waals surface area contributed by atoms with Crippen LogP contribution in [0.4, 0.5) is 5.88 Å². The molecule has 0 saturated carbocycles. The van der Waals surface area contributed by atoms with Crippen molar-refractivity contribution in [2.24, 2.45) is 7.05 Å². The van der Waals surface area contributed by atoms with Gasteiger partial charge in [-0.25, -0.2) is 0 Å². The summed E-state index contributed by atoms with van der Waals surface area (Å²) in [4.78, 5) is 0. The molecule has 0 unspecified atom stereocenters. The van der Waals surface area contributed by atoms with E-state index in [0.29, 0.717) is 11.6 Å². The van der Waals surface area contributed by atoms with Crippen LogP contribution in [0.3, 0.4) is 0 Å². The first kappa shape index (κ1) is 8.31. The molecule has 13 heavy (non-hydrogen) atoms. The van der Waals surface area contributed by atoms with Crippen molar-refractivity contribution in [1.82, 2.24) is 14.9 Å². The molecule has 0 aliphatic heterocycles. The molecule has 0 amide bonds. The summed E-state index contributed by atoms with van der Waals surface area (Å²) in [5, 5.41) is 7.83. The predicted molar refractivity (Wildman–Crippen MR) is 50.8 cm³/mol. The summed E-state index contributed by atoms with van der Waals surface area (Å²) in [7, 11) is 1.83. The zero-order chi connectivity index (χ0) is 9.42. The van der Waals surface area contributed by atoms with Crippen molar-refractivity contribution >= 4 is 21.8 Å². The Kier molecular flexibility index (Phi) is 1.84. The van der Waals surface area contributed by atoms with Crippen molar-refractivity contribution in [2.45, 2.75) is 0 Å². The molecule has 0 aliphatic rings. The lowest BCUT2D eigenvalue weighted by molar-refractivity contribution is 0.439. The highest BCUT2D eigenvalue weighted by atomic mass is 79.9. The summed E-state index contributed by atoms with van der Waals surface area (Å²) < 4.78 is 7.30. The highest BCUT2D eigenvalue weighted by Crippen LogP contribution is 2.27. The van der Waals surface area contributed by atoms with Gasteiger partial charge in [-0.1, -0.05) is 5.16 Å². The topological polar surface area (TPSA) is 69.9 Å². The number of halogens is 1. The van der Waals surface area contributed by atoms with E-state index in [2.05, 4.69) is 26.2 Å². The Labute approximate surface area is 82.6 Å². The first-order valence-corrected chi connectivity index (χ1v) is 4.38. The number of nitrogens with zero attached hydrogens (tertiary/aromatic N) is 3. The van der Waals surface area contributed by atoms with E-state index in [1.807, 2.05) is 7.05 Å². The van der Waals surface area contributed by atoms with Gasteiger partial charge in [-0.05, 0) is 15.9 Å². The summed E-state index contributed by atoms with van der Waals surface area (Å²) in [5.41, 5.74) is 6.94. The quantitative estimate of drug-likeness (QED) is 0.822. The lowest BCUT2D eigenvalue weighted by atomic mass is 10.2. The summed E-state index contributed by atoms with van der Waals surface area (Å²) in [6, 6.07) is 1.65. The smallest absolute Gasteiger partial charge is 0.222 e. The van der Waals surface area contributed by atoms with E-state index in [1.54, 1.807) is 16.9 Å². The molecule has 2 N–H and O–H groups in total. The van der Waals surface area contributed by atoms with E-state index in [9.17, 15) is 0 Å². The molecule has 2 aromatic rings. The van der Waals surface area contributed by atoms with Crippen molar-refractivity contribution in [1.29, 1.82) is 0 Å². The molecule has 0 spiro atoms. The Morgan fingerprint density at radius 3 is 2.85 bits per heavy atom. The third kappa shape index (κ3) is 1.33. The van der Waals surface area contributed by atoms with Gasteiger partial charge in [-0.3, -0.25) is 4.68 Å². The van der Waals surface area contributed by atoms with E-state index in [1.165, 1.54) is 0 Å². The van der Waals surface area contributed by atoms with Gasteiger partial charge in [0.1, 0.15) is 10.3 Å². The molecule has 0 aromatic carbocycles. The SMILES string of the molecule is Cn1ncc(-c2cc(N)on2)c1Br. The number of nitrogen functional groups attached to an aromatic ring is 1. The molecular formula is C7H7BrN4O. The molecule has 6 heteroatoms. The van der Waals surface area contributed by atoms with E-state index in [0.717, 1.165) is 10.2 Å². The molecule has 0 bridgehead atoms. The Bertz CT molecular complexity index is 433. The van der Waals surface area contributed by atoms with Crippen LogP contribution in [-0.2, 0) is 7.05 Å². The summed E-state index contributed by atoms with van der Waals surface area (Å²) in [5.74, 6) is 0.297. The van der Waals surface area contributed by atoms with Gasteiger partial charge in [0.05, 0.1) is 11.8 Å². The normalized spacial score (nSPS) is 10.6. The van der Waals surface area contributed by atoms with Gasteiger partial charge < -0.3 is 10.3 Å². The number of rotatable bonds is 1. The second-order valence-electron chi connectivity index (χ2n) is 2.59. The number of anilines is 1. The molecule has 0 atom stereocenters. The fourth-order valence-electron chi connectivity index (χ4n) is 1.01. The second-order valence-corrected chi connectivity index (χ2v) is 3.34. The van der Waals surface area contributed by atoms with Crippen molar-refractivity contribution in [2.75, 3.05) is 5.73 Å². The number of aryl methyl sites for hydroxylation is 1. The third-order valence-corrected chi connectivity index (χ3v) is 2.61. The van der Waals surface area contributed by atoms with Crippen LogP contribution >= 0.6 is 15.9 Å². The van der Waals surface area contributed by atoms with Crippen molar-refractivity contribution < 1.29 is 4.52 Å². The fraction of sp³-hybridized carbons (Fsp3) is 0.143. The van der Waals surface area contributed by atoms with E-state index < -0.39 is 0 Å². The molecule has 0 fully saturated rings. The van der Waals surface area contributed by atoms with Gasteiger partial charge in [-0.2, -0.15) is 5.10 Å². The Morgan fingerprint density at radius 2 is 2.38 bits per heavy atom. The molecule has 2 aromatic heterocycles. The van der Waals surface area contributed by atoms with Gasteiger partial charge in [0.15, 0.2) is 0 Å². The van der Waals surface area contributed by atoms with Crippen LogP contribution in [0.15, 0.2) is 21.4 Å². The van der Waals surface area contributed by atoms with Gasteiger partial charge in [-0.15, -0.1) is 0 Å². The lowest BCUT2D eigenvalue weighted by Crippen LogP contribution is -1.88. The summed E-state index contributed by atoms with van der Waals surface area (Å²) in [6.45, 7) is 0. The summed E-state index contributed by atoms with van der Waals surface area (Å²) in [6.07, 6.45) is 1.70. The van der Waals surface area contributed by atoms with Crippen LogP contribution in [0.1, 0.15) is 0 Å². The Morgan fingerprint density at radius 1 is 1.62 bits per heavy atom. The van der Waals surface area contributed by atoms with Crippen molar-refractivity contribution in [3.8, 4) is 11.3 Å². The first-order valence-electron chi connectivity index (χ1n) is 3.58. The largest absolute Gasteiger partial charge is 0.368 e. The minimum Gasteiger partial charge on any atom is -0.368 e. The molecule has 2 heterocycles. The number of hydrogen-bond donors (Lipinski definition) is 1. The van der Waals surface area contributed by atoms with E-state index >= 15 is 0 Å². The summed E-state index contributed by atoms with van der Waals surface area (Å²) >= 11 is 3.37. The van der Waals surface area contributed by atoms with Crippen LogP contribution < -0.4 is 5.73 Å². The Balaban J connectivity index is 2.52. The number of aromatic nitrogens is 3. The van der Waals surface area contributed by atoms with Crippen molar-refractivity contribution in [3.05, 3.63) is 16.9 Å². The maximum Gasteiger partial charge on any atom is 0.222 e. The zero-order valence-corrected chi connectivity index (χ0v) is 8.45. The van der Waals surface area contributed by atoms with Crippen molar-refractivity contribution in [3.63, 3.8) is 0 Å². The maximum atomic E-state index is 5.40. The van der Waals surface area contributed by atoms with Gasteiger partial charge in [0.25, 0.3) is 0 Å². The molecule has 0 aliphatic carbocycles. The molecule has 5 nitrogen and oxygen atoms in total. The van der Waals surface area contributed by atoms with Crippen LogP contribution in [0.5, 0.6) is 0 Å². The van der Waals surface area contributed by atoms with Gasteiger partial charge in [0, 0.05) is 13.1 Å². The van der Waals surface area contributed by atoms with Gasteiger partial charge >= 0.3 is 0 Å². The molecule has 68 valence electrons. The molecule has 0 saturated heterocycles. The lowest BCUT2D eigenvalue weighted by Gasteiger charge is -1.91. The average Bonchev–Trinajstić information content (AvgIpc) is 2.62. The number of nitrogens with two attached hydrogens (primary N) is 1. The van der Waals surface area contributed by atoms with Crippen LogP contribution in [0, 0.1) is 0 Å². The zero-order valence-electron chi connectivity index (χ0n) is 6.86. The molecular weight excluding hydrogens is 236 g/mol. The first-order chi connectivity index (χ1) is 6.18. The standard InChI is InChI=1S/C7H7BrN4O/c1-12-7(8)4(3-10-12)5-2-6(9)13-11-5/h2-3H,9H2,1H3. The monoisotopic (exact) mass is 242 g/mol. The average molecular weight is 243 g/mol. The predicted octanol–water partition coefficient (Wildman–Crippen LogP) is 1.42. The minimum absolute atomic E-state index is 0.297. The number of hydrogen-bond acceptors (Lipinski definition) is 4. The third-order valence-electron chi connectivity index (χ3n) is 1.67. The van der Waals surface area contributed by atoms with Crippen LogP contribution in [-0.4, -0.2) is 14.9 Å². The second kappa shape index (κ2) is 2.88. The highest BCUT2D eigenvalue weighted by molar-refractivity contribution is 9.10. The van der Waals surface area contributed by atoms with Crippen LogP contribution in [0.2, 0.25) is 0 Å². The fourth-order valence-corrected chi connectivity index (χ4v) is 1.41. The van der Waals surface area contributed by atoms with E-state index in [4.69, 9.17) is 10.3 Å². The highest BCUT2D eigenvalue weighted by Gasteiger charge is 2.11. The molecule has 2 rings (SSSR count). The van der Waals surface area contributed by atoms with E-state index in [-0.39, 0.29) is 0 Å². The molecule has 0 radical (unpaired) electrons. The maximum absolute atomic E-state index is 5.40. The minimum atomic E-state index is 0.297. The Hall–Kier alpha value is -1.30. The van der Waals surface area contributed by atoms with Gasteiger partial charge in [0.2, 0.25) is 5.88 Å².